The van der Waals surface area contributed by atoms with Crippen molar-refractivity contribution in [1.29, 1.82) is 0 Å². The van der Waals surface area contributed by atoms with E-state index in [1.807, 2.05) is 6.92 Å². The lowest BCUT2D eigenvalue weighted by molar-refractivity contribution is -0.144. The second-order valence-electron chi connectivity index (χ2n) is 5.42. The summed E-state index contributed by atoms with van der Waals surface area (Å²) >= 11 is 15.5. The van der Waals surface area contributed by atoms with Crippen LogP contribution >= 0.6 is 39.1 Å². The van der Waals surface area contributed by atoms with Gasteiger partial charge in [0.2, 0.25) is 0 Å². The first-order valence-corrected chi connectivity index (χ1v) is 9.42. The van der Waals surface area contributed by atoms with Gasteiger partial charge in [-0.25, -0.2) is 4.79 Å². The highest BCUT2D eigenvalue weighted by Crippen LogP contribution is 2.38. The number of ether oxygens (including phenoxy) is 2. The first-order valence-electron chi connectivity index (χ1n) is 7.87. The fraction of sp³-hybridized carbons (Fsp3) is 0.222. The van der Waals surface area contributed by atoms with Crippen molar-refractivity contribution in [3.05, 3.63) is 56.0 Å². The Kier molecular flexibility index (Phi) is 7.35. The maximum Gasteiger partial charge on any atom is 0.344 e. The molecule has 0 aromatic heterocycles. The van der Waals surface area contributed by atoms with Crippen molar-refractivity contribution in [3.8, 4) is 11.5 Å². The third-order valence-electron chi connectivity index (χ3n) is 3.55. The molecule has 2 aromatic carbocycles. The van der Waals surface area contributed by atoms with Crippen LogP contribution in [0, 0.1) is 0 Å². The molecule has 0 aliphatic rings. The number of hydrogen-bond donors (Lipinski definition) is 2. The predicted octanol–water partition coefficient (Wildman–Crippen LogP) is 4.72. The highest BCUT2D eigenvalue weighted by atomic mass is 79.9. The van der Waals surface area contributed by atoms with Crippen LogP contribution in [0.25, 0.3) is 0 Å². The van der Waals surface area contributed by atoms with E-state index in [9.17, 15) is 4.79 Å². The van der Waals surface area contributed by atoms with E-state index in [0.717, 1.165) is 0 Å². The molecule has 1 atom stereocenters. The molecule has 1 unspecified atom stereocenters. The minimum atomic E-state index is -1.09. The van der Waals surface area contributed by atoms with Gasteiger partial charge in [-0.2, -0.15) is 5.10 Å². The van der Waals surface area contributed by atoms with Crippen LogP contribution in [0.1, 0.15) is 25.0 Å². The van der Waals surface area contributed by atoms with E-state index < -0.39 is 12.1 Å². The quantitative estimate of drug-likeness (QED) is 0.343. The minimum Gasteiger partial charge on any atom is -0.490 e. The van der Waals surface area contributed by atoms with Gasteiger partial charge in [-0.3, -0.25) is 0 Å². The third kappa shape index (κ3) is 5.06. The number of hydrogen-bond acceptors (Lipinski definition) is 5. The van der Waals surface area contributed by atoms with Gasteiger partial charge in [0.1, 0.15) is 0 Å². The second kappa shape index (κ2) is 9.30. The van der Waals surface area contributed by atoms with Gasteiger partial charge < -0.3 is 20.4 Å². The Hall–Kier alpha value is -1.96. The van der Waals surface area contributed by atoms with Crippen LogP contribution in [-0.2, 0) is 4.79 Å². The van der Waals surface area contributed by atoms with Gasteiger partial charge in [-0.15, -0.1) is 0 Å². The van der Waals surface area contributed by atoms with Crippen molar-refractivity contribution in [2.45, 2.75) is 20.0 Å². The molecule has 0 saturated heterocycles. The summed E-state index contributed by atoms with van der Waals surface area (Å²) in [6, 6.07) is 8.42. The van der Waals surface area contributed by atoms with Crippen molar-refractivity contribution in [1.82, 2.24) is 0 Å². The molecule has 0 bridgehead atoms. The summed E-state index contributed by atoms with van der Waals surface area (Å²) in [5.41, 5.74) is 1.74. The molecule has 0 amide bonds. The summed E-state index contributed by atoms with van der Waals surface area (Å²) in [6.07, 6.45) is -1.05. The number of rotatable bonds is 7. The maximum atomic E-state index is 11.1. The molecule has 0 heterocycles. The lowest BCUT2D eigenvalue weighted by atomic mass is 10.0. The Balaban J connectivity index is 2.53. The molecule has 0 fully saturated rings. The first kappa shape index (κ1) is 21.3. The highest BCUT2D eigenvalue weighted by molar-refractivity contribution is 9.10. The molecule has 6 nitrogen and oxygen atoms in total. The zero-order valence-electron chi connectivity index (χ0n) is 14.5. The van der Waals surface area contributed by atoms with Gasteiger partial charge in [-0.05, 0) is 54.0 Å². The minimum absolute atomic E-state index is 0.279. The van der Waals surface area contributed by atoms with E-state index in [4.69, 9.17) is 43.6 Å². The number of carboxylic acid groups (broad SMARTS) is 1. The number of carbonyl (C=O) groups is 1. The summed E-state index contributed by atoms with van der Waals surface area (Å²) in [7, 11) is 0. The van der Waals surface area contributed by atoms with Crippen LogP contribution in [0.4, 0.5) is 0 Å². The van der Waals surface area contributed by atoms with E-state index in [1.165, 1.54) is 6.92 Å². The molecule has 144 valence electrons. The summed E-state index contributed by atoms with van der Waals surface area (Å²) < 4.78 is 11.6. The predicted molar refractivity (Wildman–Crippen MR) is 109 cm³/mol. The normalized spacial score (nSPS) is 12.6. The van der Waals surface area contributed by atoms with Crippen molar-refractivity contribution >= 4 is 50.8 Å². The fourth-order valence-corrected chi connectivity index (χ4v) is 3.10. The summed E-state index contributed by atoms with van der Waals surface area (Å²) in [5.74, 6) is 5.15. The van der Waals surface area contributed by atoms with Gasteiger partial charge in [-0.1, -0.05) is 29.3 Å². The molecule has 0 radical (unpaired) electrons. The average Bonchev–Trinajstić information content (AvgIpc) is 2.61. The van der Waals surface area contributed by atoms with Gasteiger partial charge in [0.25, 0.3) is 0 Å². The summed E-state index contributed by atoms with van der Waals surface area (Å²) in [6.45, 7) is 3.60. The Bertz CT molecular complexity index is 890. The van der Waals surface area contributed by atoms with E-state index in [1.54, 1.807) is 30.3 Å². The largest absolute Gasteiger partial charge is 0.490 e. The first-order chi connectivity index (χ1) is 12.8. The van der Waals surface area contributed by atoms with Crippen molar-refractivity contribution in [3.63, 3.8) is 0 Å². The number of nitrogens with two attached hydrogens (primary N) is 1. The smallest absolute Gasteiger partial charge is 0.344 e. The van der Waals surface area contributed by atoms with Crippen molar-refractivity contribution in [2.24, 2.45) is 10.9 Å². The average molecular weight is 476 g/mol. The second-order valence-corrected chi connectivity index (χ2v) is 7.09. The van der Waals surface area contributed by atoms with E-state index >= 15 is 0 Å². The molecule has 2 aromatic rings. The van der Waals surface area contributed by atoms with E-state index in [-0.39, 0.29) is 5.75 Å². The van der Waals surface area contributed by atoms with Gasteiger partial charge >= 0.3 is 5.97 Å². The topological polar surface area (TPSA) is 94.1 Å². The Morgan fingerprint density at radius 3 is 2.52 bits per heavy atom. The molecule has 0 saturated carbocycles. The van der Waals surface area contributed by atoms with Crippen LogP contribution in [0.3, 0.4) is 0 Å². The van der Waals surface area contributed by atoms with Crippen LogP contribution < -0.4 is 15.3 Å². The molecule has 0 aliphatic heterocycles. The summed E-state index contributed by atoms with van der Waals surface area (Å²) in [4.78, 5) is 11.1. The van der Waals surface area contributed by atoms with Crippen LogP contribution in [0.15, 0.2) is 39.9 Å². The monoisotopic (exact) mass is 474 g/mol. The van der Waals surface area contributed by atoms with Crippen molar-refractivity contribution < 1.29 is 19.4 Å². The maximum absolute atomic E-state index is 11.1. The van der Waals surface area contributed by atoms with E-state index in [2.05, 4.69) is 21.0 Å². The number of nitrogens with zero attached hydrogens (tertiary/aromatic N) is 1. The lowest BCUT2D eigenvalue weighted by Gasteiger charge is -2.18. The number of hydrazone groups is 1. The van der Waals surface area contributed by atoms with Gasteiger partial charge in [0.05, 0.1) is 26.8 Å². The zero-order valence-corrected chi connectivity index (χ0v) is 17.6. The number of aliphatic carboxylic acids is 1. The van der Waals surface area contributed by atoms with Gasteiger partial charge in [0, 0.05) is 11.1 Å². The number of halogens is 3. The SMILES string of the molecule is CCOc1cc(C(=NN)c2ccc(Cl)c(Cl)c2)cc(Br)c1OC(C)C(=O)O. The van der Waals surface area contributed by atoms with Crippen LogP contribution in [-0.4, -0.2) is 29.5 Å². The third-order valence-corrected chi connectivity index (χ3v) is 4.88. The highest BCUT2D eigenvalue weighted by Gasteiger charge is 2.21. The fourth-order valence-electron chi connectivity index (χ4n) is 2.27. The van der Waals surface area contributed by atoms with Crippen molar-refractivity contribution in [2.75, 3.05) is 6.61 Å². The van der Waals surface area contributed by atoms with Crippen LogP contribution in [0.5, 0.6) is 11.5 Å². The summed E-state index contributed by atoms with van der Waals surface area (Å²) in [5, 5.41) is 13.7. The number of carboxylic acids is 1. The Morgan fingerprint density at radius 2 is 1.96 bits per heavy atom. The molecule has 3 N–H and O–H groups in total. The molecule has 2 rings (SSSR count). The Morgan fingerprint density at radius 1 is 1.26 bits per heavy atom. The molecule has 27 heavy (non-hydrogen) atoms. The number of benzene rings is 2. The lowest BCUT2D eigenvalue weighted by Crippen LogP contribution is -2.23. The van der Waals surface area contributed by atoms with E-state index in [0.29, 0.717) is 43.7 Å². The molecule has 0 spiro atoms. The Labute approximate surface area is 175 Å². The zero-order chi connectivity index (χ0) is 20.1. The van der Waals surface area contributed by atoms with Gasteiger partial charge in [0.15, 0.2) is 17.6 Å². The van der Waals surface area contributed by atoms with Crippen LogP contribution in [0.2, 0.25) is 10.0 Å². The molecular weight excluding hydrogens is 459 g/mol. The molecular formula is C18H17BrCl2N2O4. The standard InChI is InChI=1S/C18H17BrCl2N2O4/c1-3-26-15-8-11(6-12(19)17(15)27-9(2)18(24)25)16(23-22)10-4-5-13(20)14(21)7-10/h4-9H,3,22H2,1-2H3,(H,24,25). The molecule has 9 heteroatoms. The molecule has 0 aliphatic carbocycles.